The number of ether oxygens (including phenoxy) is 1. The molecule has 4 heterocycles. The van der Waals surface area contributed by atoms with Crippen molar-refractivity contribution >= 4 is 49.8 Å². The number of rotatable bonds is 4. The van der Waals surface area contributed by atoms with Crippen LogP contribution < -0.4 is 5.32 Å². The van der Waals surface area contributed by atoms with E-state index in [1.165, 1.54) is 11.3 Å². The van der Waals surface area contributed by atoms with Crippen LogP contribution in [-0.2, 0) is 11.3 Å². The summed E-state index contributed by atoms with van der Waals surface area (Å²) in [5.74, 6) is -0.108. The molecule has 1 aromatic carbocycles. The van der Waals surface area contributed by atoms with Crippen LogP contribution in [0.15, 0.2) is 41.9 Å². The maximum absolute atomic E-state index is 12.8. The highest BCUT2D eigenvalue weighted by Gasteiger charge is 2.26. The molecule has 2 unspecified atom stereocenters. The Morgan fingerprint density at radius 1 is 1.19 bits per heavy atom. The number of hydrogen-bond acceptors (Lipinski definition) is 6. The number of imidazole rings is 1. The number of hydrogen-bond donors (Lipinski definition) is 1. The first-order valence-corrected chi connectivity index (χ1v) is 11.8. The third kappa shape index (κ3) is 3.96. The predicted octanol–water partition coefficient (Wildman–Crippen LogP) is 3.79. The molecule has 7 nitrogen and oxygen atoms in total. The Hall–Kier alpha value is -2.75. The molecular weight excluding hydrogens is 432 g/mol. The van der Waals surface area contributed by atoms with Gasteiger partial charge in [0, 0.05) is 36.8 Å². The Morgan fingerprint density at radius 2 is 1.94 bits per heavy atom. The molecule has 0 aliphatic carbocycles. The van der Waals surface area contributed by atoms with E-state index in [2.05, 4.69) is 10.3 Å². The number of carbonyl (C=O) groups excluding carboxylic acids is 2. The van der Waals surface area contributed by atoms with Crippen molar-refractivity contribution in [2.45, 2.75) is 32.6 Å². The van der Waals surface area contributed by atoms with Gasteiger partial charge in [0.15, 0.2) is 4.96 Å². The summed E-state index contributed by atoms with van der Waals surface area (Å²) in [5.41, 5.74) is 2.55. The van der Waals surface area contributed by atoms with Crippen LogP contribution in [0, 0.1) is 0 Å². The van der Waals surface area contributed by atoms with Gasteiger partial charge in [-0.3, -0.25) is 14.0 Å². The molecule has 1 fully saturated rings. The Balaban J connectivity index is 1.22. The van der Waals surface area contributed by atoms with Crippen LogP contribution in [-0.4, -0.2) is 51.4 Å². The van der Waals surface area contributed by atoms with Crippen LogP contribution in [0.2, 0.25) is 0 Å². The molecule has 4 aromatic rings. The van der Waals surface area contributed by atoms with E-state index in [0.29, 0.717) is 30.1 Å². The summed E-state index contributed by atoms with van der Waals surface area (Å²) in [7, 11) is 0. The highest BCUT2D eigenvalue weighted by molar-refractivity contribution is 7.21. The van der Waals surface area contributed by atoms with Gasteiger partial charge >= 0.3 is 0 Å². The van der Waals surface area contributed by atoms with Crippen LogP contribution in [0.3, 0.4) is 0 Å². The number of aromatic nitrogens is 2. The molecule has 2 amide bonds. The van der Waals surface area contributed by atoms with Crippen molar-refractivity contribution in [1.29, 1.82) is 0 Å². The minimum absolute atomic E-state index is 0.0136. The lowest BCUT2D eigenvalue weighted by molar-refractivity contribution is -0.0586. The second-order valence-corrected chi connectivity index (χ2v) is 9.72. The molecule has 0 spiro atoms. The van der Waals surface area contributed by atoms with Gasteiger partial charge in [-0.15, -0.1) is 22.7 Å². The van der Waals surface area contributed by atoms with Crippen LogP contribution in [0.25, 0.3) is 15.3 Å². The van der Waals surface area contributed by atoms with Crippen LogP contribution in [0.4, 0.5) is 0 Å². The van der Waals surface area contributed by atoms with E-state index in [0.717, 1.165) is 20.9 Å². The van der Waals surface area contributed by atoms with E-state index < -0.39 is 0 Å². The van der Waals surface area contributed by atoms with Crippen molar-refractivity contribution in [2.24, 2.45) is 0 Å². The summed E-state index contributed by atoms with van der Waals surface area (Å²) in [6, 6.07) is 9.30. The summed E-state index contributed by atoms with van der Waals surface area (Å²) in [6.07, 6.45) is 2.04. The van der Waals surface area contributed by atoms with Gasteiger partial charge in [-0.05, 0) is 37.6 Å². The van der Waals surface area contributed by atoms with Gasteiger partial charge < -0.3 is 15.0 Å². The molecule has 0 bridgehead atoms. The fourth-order valence-corrected chi connectivity index (χ4v) is 5.64. The first-order chi connectivity index (χ1) is 15.0. The molecule has 1 saturated heterocycles. The van der Waals surface area contributed by atoms with E-state index in [1.807, 2.05) is 65.1 Å². The van der Waals surface area contributed by atoms with Crippen molar-refractivity contribution in [2.75, 3.05) is 13.1 Å². The molecule has 1 N–H and O–H groups in total. The zero-order valence-electron chi connectivity index (χ0n) is 17.2. The van der Waals surface area contributed by atoms with E-state index in [9.17, 15) is 9.59 Å². The third-order valence-corrected chi connectivity index (χ3v) is 7.10. The number of fused-ring (bicyclic) bond motifs is 3. The van der Waals surface area contributed by atoms with Crippen LogP contribution in [0.1, 0.15) is 39.4 Å². The number of carbonyl (C=O) groups is 2. The van der Waals surface area contributed by atoms with Crippen molar-refractivity contribution in [3.05, 3.63) is 57.9 Å². The molecular formula is C22H22N4O3S2. The lowest BCUT2D eigenvalue weighted by Crippen LogP contribution is -2.48. The average molecular weight is 455 g/mol. The van der Waals surface area contributed by atoms with E-state index in [-0.39, 0.29) is 24.0 Å². The number of thiazole rings is 1. The van der Waals surface area contributed by atoms with E-state index in [4.69, 9.17) is 4.74 Å². The molecule has 0 saturated carbocycles. The van der Waals surface area contributed by atoms with Gasteiger partial charge in [0.05, 0.1) is 22.6 Å². The first kappa shape index (κ1) is 20.2. The molecule has 3 aromatic heterocycles. The second-order valence-electron chi connectivity index (χ2n) is 7.82. The maximum atomic E-state index is 12.8. The maximum Gasteiger partial charge on any atom is 0.261 e. The molecule has 0 radical (unpaired) electrons. The van der Waals surface area contributed by atoms with Crippen molar-refractivity contribution in [3.8, 4) is 0 Å². The highest BCUT2D eigenvalue weighted by Crippen LogP contribution is 2.28. The summed E-state index contributed by atoms with van der Waals surface area (Å²) >= 11 is 2.97. The Bertz CT molecular complexity index is 1250. The van der Waals surface area contributed by atoms with Crippen molar-refractivity contribution < 1.29 is 14.3 Å². The number of benzene rings is 1. The van der Waals surface area contributed by atoms with Gasteiger partial charge in [0.1, 0.15) is 4.83 Å². The highest BCUT2D eigenvalue weighted by atomic mass is 32.1. The number of nitrogens with one attached hydrogen (secondary N) is 1. The van der Waals surface area contributed by atoms with Crippen molar-refractivity contribution in [3.63, 3.8) is 0 Å². The summed E-state index contributed by atoms with van der Waals surface area (Å²) in [6.45, 7) is 5.56. The zero-order chi connectivity index (χ0) is 21.5. The normalized spacial score (nSPS) is 19.2. The number of amides is 2. The van der Waals surface area contributed by atoms with Crippen molar-refractivity contribution in [1.82, 2.24) is 19.6 Å². The average Bonchev–Trinajstić information content (AvgIpc) is 3.43. The molecule has 2 atom stereocenters. The summed E-state index contributed by atoms with van der Waals surface area (Å²) in [5, 5.41) is 4.94. The third-order valence-electron chi connectivity index (χ3n) is 5.32. The smallest absolute Gasteiger partial charge is 0.261 e. The minimum atomic E-state index is -0.122. The molecule has 9 heteroatoms. The van der Waals surface area contributed by atoms with Gasteiger partial charge in [0.25, 0.3) is 11.8 Å². The van der Waals surface area contributed by atoms with E-state index >= 15 is 0 Å². The monoisotopic (exact) mass is 454 g/mol. The van der Waals surface area contributed by atoms with Gasteiger partial charge in [0.2, 0.25) is 0 Å². The molecule has 5 rings (SSSR count). The van der Waals surface area contributed by atoms with Crippen LogP contribution >= 0.6 is 22.7 Å². The SMILES string of the molecule is CC1CN(C(=O)c2ccc(CNC(=O)c3cc4c(nc5sccn54)s3)cc2)CC(C)O1. The van der Waals surface area contributed by atoms with Gasteiger partial charge in [-0.1, -0.05) is 12.1 Å². The topological polar surface area (TPSA) is 75.9 Å². The lowest BCUT2D eigenvalue weighted by atomic mass is 10.1. The Morgan fingerprint density at radius 3 is 2.68 bits per heavy atom. The number of nitrogens with zero attached hydrogens (tertiary/aromatic N) is 3. The fraction of sp³-hybridized carbons (Fsp3) is 0.318. The van der Waals surface area contributed by atoms with Gasteiger partial charge in [-0.2, -0.15) is 0 Å². The molecule has 1 aliphatic rings. The van der Waals surface area contributed by atoms with Gasteiger partial charge in [-0.25, -0.2) is 4.98 Å². The number of thiophene rings is 1. The second kappa shape index (κ2) is 8.07. The summed E-state index contributed by atoms with van der Waals surface area (Å²) < 4.78 is 7.70. The van der Waals surface area contributed by atoms with Crippen LogP contribution in [0.5, 0.6) is 0 Å². The standard InChI is InChI=1S/C22H22N4O3S2/c1-13-11-25(12-14(2)29-13)21(28)16-5-3-15(4-6-16)10-23-19(27)18-9-17-20(31-18)24-22-26(17)7-8-30-22/h3-9,13-14H,10-12H2,1-2H3,(H,23,27). The minimum Gasteiger partial charge on any atom is -0.372 e. The Labute approximate surface area is 187 Å². The first-order valence-electron chi connectivity index (χ1n) is 10.1. The number of morpholine rings is 1. The zero-order valence-corrected chi connectivity index (χ0v) is 18.8. The quantitative estimate of drug-likeness (QED) is 0.509. The summed E-state index contributed by atoms with van der Waals surface area (Å²) in [4.78, 5) is 34.2. The molecule has 31 heavy (non-hydrogen) atoms. The predicted molar refractivity (Wildman–Crippen MR) is 122 cm³/mol. The fourth-order valence-electron chi connectivity index (χ4n) is 3.92. The lowest BCUT2D eigenvalue weighted by Gasteiger charge is -2.35. The Kier molecular flexibility index (Phi) is 5.25. The molecule has 1 aliphatic heterocycles. The largest absolute Gasteiger partial charge is 0.372 e. The molecule has 160 valence electrons. The van der Waals surface area contributed by atoms with E-state index in [1.54, 1.807) is 11.3 Å².